The van der Waals surface area contributed by atoms with Crippen molar-refractivity contribution in [3.05, 3.63) is 35.9 Å². The van der Waals surface area contributed by atoms with Crippen molar-refractivity contribution in [1.29, 1.82) is 0 Å². The van der Waals surface area contributed by atoms with E-state index in [1.54, 1.807) is 0 Å². The SMILES string of the molecule is CCCCC(CCCC)(C(=O)C(=O)O)c1ccccc1. The van der Waals surface area contributed by atoms with Gasteiger partial charge in [0.1, 0.15) is 0 Å². The van der Waals surface area contributed by atoms with Gasteiger partial charge in [0.15, 0.2) is 0 Å². The van der Waals surface area contributed by atoms with Crippen LogP contribution in [0.25, 0.3) is 0 Å². The fourth-order valence-corrected chi connectivity index (χ4v) is 2.69. The summed E-state index contributed by atoms with van der Waals surface area (Å²) in [6.07, 6.45) is 4.84. The van der Waals surface area contributed by atoms with Gasteiger partial charge in [-0.05, 0) is 18.4 Å². The number of ketones is 1. The lowest BCUT2D eigenvalue weighted by Gasteiger charge is -2.31. The van der Waals surface area contributed by atoms with Gasteiger partial charge in [-0.2, -0.15) is 0 Å². The van der Waals surface area contributed by atoms with Crippen molar-refractivity contribution in [3.8, 4) is 0 Å². The Kier molecular flexibility index (Phi) is 6.43. The maximum Gasteiger partial charge on any atom is 0.373 e. The molecule has 0 radical (unpaired) electrons. The summed E-state index contributed by atoms with van der Waals surface area (Å²) in [4.78, 5) is 23.7. The Hall–Kier alpha value is -1.64. The van der Waals surface area contributed by atoms with Gasteiger partial charge in [0.05, 0.1) is 5.41 Å². The molecule has 3 heteroatoms. The van der Waals surface area contributed by atoms with E-state index in [4.69, 9.17) is 0 Å². The van der Waals surface area contributed by atoms with Gasteiger partial charge >= 0.3 is 5.97 Å². The van der Waals surface area contributed by atoms with Crippen molar-refractivity contribution >= 4 is 11.8 Å². The van der Waals surface area contributed by atoms with E-state index >= 15 is 0 Å². The molecule has 0 heterocycles. The zero-order chi connectivity index (χ0) is 15.0. The lowest BCUT2D eigenvalue weighted by molar-refractivity contribution is -0.152. The predicted octanol–water partition coefficient (Wildman–Crippen LogP) is 3.96. The monoisotopic (exact) mass is 276 g/mol. The number of carbonyl (C=O) groups is 2. The standard InChI is InChI=1S/C17H24O3/c1-3-5-12-17(13-6-4-2,15(18)16(19)20)14-10-8-7-9-11-14/h7-11H,3-6,12-13H2,1-2H3,(H,19,20). The second-order valence-electron chi connectivity index (χ2n) is 5.29. The summed E-state index contributed by atoms with van der Waals surface area (Å²) in [7, 11) is 0. The van der Waals surface area contributed by atoms with Gasteiger partial charge in [0.2, 0.25) is 5.78 Å². The van der Waals surface area contributed by atoms with Gasteiger partial charge in [-0.3, -0.25) is 4.79 Å². The van der Waals surface area contributed by atoms with Crippen LogP contribution in [0.15, 0.2) is 30.3 Å². The maximum absolute atomic E-state index is 12.4. The number of aliphatic carboxylic acids is 1. The molecule has 0 unspecified atom stereocenters. The van der Waals surface area contributed by atoms with Gasteiger partial charge in [-0.1, -0.05) is 69.9 Å². The first-order valence-electron chi connectivity index (χ1n) is 7.41. The average Bonchev–Trinajstić information content (AvgIpc) is 2.48. The van der Waals surface area contributed by atoms with Crippen molar-refractivity contribution in [2.45, 2.75) is 57.8 Å². The molecule has 0 atom stereocenters. The molecule has 1 aromatic carbocycles. The Balaban J connectivity index is 3.24. The van der Waals surface area contributed by atoms with Crippen LogP contribution in [-0.4, -0.2) is 16.9 Å². The van der Waals surface area contributed by atoms with E-state index in [0.717, 1.165) is 31.2 Å². The molecule has 1 N–H and O–H groups in total. The quantitative estimate of drug-likeness (QED) is 0.695. The highest BCUT2D eigenvalue weighted by Gasteiger charge is 2.42. The van der Waals surface area contributed by atoms with Crippen molar-refractivity contribution in [2.75, 3.05) is 0 Å². The van der Waals surface area contributed by atoms with Crippen LogP contribution >= 0.6 is 0 Å². The summed E-state index contributed by atoms with van der Waals surface area (Å²) in [6, 6.07) is 9.39. The van der Waals surface area contributed by atoms with E-state index in [2.05, 4.69) is 13.8 Å². The lowest BCUT2D eigenvalue weighted by atomic mass is 9.69. The number of rotatable bonds is 9. The van der Waals surface area contributed by atoms with Crippen LogP contribution in [0.4, 0.5) is 0 Å². The van der Waals surface area contributed by atoms with Gasteiger partial charge in [-0.15, -0.1) is 0 Å². The number of Topliss-reactive ketones (excluding diaryl/α,β-unsaturated/α-hetero) is 1. The van der Waals surface area contributed by atoms with Crippen LogP contribution in [0.2, 0.25) is 0 Å². The third-order valence-corrected chi connectivity index (χ3v) is 3.87. The number of benzene rings is 1. The molecule has 1 rings (SSSR count). The van der Waals surface area contributed by atoms with E-state index in [1.165, 1.54) is 0 Å². The lowest BCUT2D eigenvalue weighted by Crippen LogP contribution is -2.40. The molecule has 0 aliphatic carbocycles. The fraction of sp³-hybridized carbons (Fsp3) is 0.529. The van der Waals surface area contributed by atoms with E-state index in [0.29, 0.717) is 12.8 Å². The molecular formula is C17H24O3. The molecule has 0 saturated carbocycles. The Bertz CT molecular complexity index is 429. The van der Waals surface area contributed by atoms with Crippen LogP contribution in [-0.2, 0) is 15.0 Å². The van der Waals surface area contributed by atoms with Crippen molar-refractivity contribution in [3.63, 3.8) is 0 Å². The highest BCUT2D eigenvalue weighted by Crippen LogP contribution is 2.36. The van der Waals surface area contributed by atoms with Crippen LogP contribution in [0.5, 0.6) is 0 Å². The zero-order valence-electron chi connectivity index (χ0n) is 12.4. The maximum atomic E-state index is 12.4. The third-order valence-electron chi connectivity index (χ3n) is 3.87. The topological polar surface area (TPSA) is 54.4 Å². The minimum Gasteiger partial charge on any atom is -0.475 e. The second kappa shape index (κ2) is 7.83. The highest BCUT2D eigenvalue weighted by atomic mass is 16.4. The fourth-order valence-electron chi connectivity index (χ4n) is 2.69. The Morgan fingerprint density at radius 3 is 1.90 bits per heavy atom. The normalized spacial score (nSPS) is 11.3. The molecule has 0 aliphatic rings. The molecule has 0 spiro atoms. The second-order valence-corrected chi connectivity index (χ2v) is 5.29. The van der Waals surface area contributed by atoms with E-state index in [9.17, 15) is 14.7 Å². The Morgan fingerprint density at radius 1 is 1.00 bits per heavy atom. The molecule has 0 aliphatic heterocycles. The molecule has 0 amide bonds. The summed E-state index contributed by atoms with van der Waals surface area (Å²) >= 11 is 0. The third kappa shape index (κ3) is 3.69. The molecule has 3 nitrogen and oxygen atoms in total. The summed E-state index contributed by atoms with van der Waals surface area (Å²) in [6.45, 7) is 4.11. The Morgan fingerprint density at radius 2 is 1.50 bits per heavy atom. The van der Waals surface area contributed by atoms with E-state index in [-0.39, 0.29) is 0 Å². The van der Waals surface area contributed by atoms with Gasteiger partial charge in [0, 0.05) is 0 Å². The molecule has 1 aromatic rings. The number of hydrogen-bond donors (Lipinski definition) is 1. The molecule has 0 fully saturated rings. The number of carboxylic acids is 1. The molecule has 0 bridgehead atoms. The number of unbranched alkanes of at least 4 members (excludes halogenated alkanes) is 2. The summed E-state index contributed by atoms with van der Waals surface area (Å²) in [5, 5.41) is 9.23. The number of carboxylic acid groups (broad SMARTS) is 1. The Labute approximate surface area is 121 Å². The first-order chi connectivity index (χ1) is 9.58. The van der Waals surface area contributed by atoms with Crippen LogP contribution < -0.4 is 0 Å². The first kappa shape index (κ1) is 16.4. The van der Waals surface area contributed by atoms with Crippen LogP contribution in [0, 0.1) is 0 Å². The van der Waals surface area contributed by atoms with Crippen LogP contribution in [0.3, 0.4) is 0 Å². The molecule has 0 aromatic heterocycles. The number of hydrogen-bond acceptors (Lipinski definition) is 2. The predicted molar refractivity (Wildman–Crippen MR) is 79.8 cm³/mol. The molecular weight excluding hydrogens is 252 g/mol. The average molecular weight is 276 g/mol. The first-order valence-corrected chi connectivity index (χ1v) is 7.41. The van der Waals surface area contributed by atoms with Gasteiger partial charge < -0.3 is 5.11 Å². The van der Waals surface area contributed by atoms with Gasteiger partial charge in [-0.25, -0.2) is 4.79 Å². The van der Waals surface area contributed by atoms with Crippen molar-refractivity contribution in [2.24, 2.45) is 0 Å². The smallest absolute Gasteiger partial charge is 0.373 e. The van der Waals surface area contributed by atoms with Gasteiger partial charge in [0.25, 0.3) is 0 Å². The highest BCUT2D eigenvalue weighted by molar-refractivity contribution is 6.36. The summed E-state index contributed by atoms with van der Waals surface area (Å²) < 4.78 is 0. The molecule has 0 saturated heterocycles. The van der Waals surface area contributed by atoms with E-state index < -0.39 is 17.2 Å². The number of carbonyl (C=O) groups excluding carboxylic acids is 1. The minimum absolute atomic E-state index is 0.610. The van der Waals surface area contributed by atoms with Crippen molar-refractivity contribution < 1.29 is 14.7 Å². The van der Waals surface area contributed by atoms with E-state index in [1.807, 2.05) is 30.3 Å². The molecule has 20 heavy (non-hydrogen) atoms. The minimum atomic E-state index is -1.32. The largest absolute Gasteiger partial charge is 0.475 e. The molecule has 110 valence electrons. The summed E-state index contributed by atoms with van der Waals surface area (Å²) in [5.41, 5.74) is -0.0200. The van der Waals surface area contributed by atoms with Crippen molar-refractivity contribution in [1.82, 2.24) is 0 Å². The van der Waals surface area contributed by atoms with Crippen LogP contribution in [0.1, 0.15) is 57.9 Å². The zero-order valence-corrected chi connectivity index (χ0v) is 12.4. The summed E-state index contributed by atoms with van der Waals surface area (Å²) in [5.74, 6) is -1.98.